The zero-order chi connectivity index (χ0) is 19.1. The number of carbonyl (C=O) groups excluding carboxylic acids is 1. The summed E-state index contributed by atoms with van der Waals surface area (Å²) in [6, 6.07) is 13.1. The van der Waals surface area contributed by atoms with Crippen LogP contribution < -0.4 is 11.0 Å². The van der Waals surface area contributed by atoms with Gasteiger partial charge in [0.2, 0.25) is 0 Å². The van der Waals surface area contributed by atoms with Crippen molar-refractivity contribution in [3.8, 4) is 5.69 Å². The van der Waals surface area contributed by atoms with Crippen molar-refractivity contribution in [2.24, 2.45) is 0 Å². The first-order chi connectivity index (χ1) is 13.0. The average Bonchev–Trinajstić information content (AvgIpc) is 3.25. The van der Waals surface area contributed by atoms with E-state index in [1.54, 1.807) is 25.1 Å². The van der Waals surface area contributed by atoms with Crippen molar-refractivity contribution in [1.82, 2.24) is 14.2 Å². The fraction of sp³-hybridized carbons (Fsp3) is 0.150. The Kier molecular flexibility index (Phi) is 4.16. The van der Waals surface area contributed by atoms with Crippen LogP contribution in [0.15, 0.2) is 52.6 Å². The summed E-state index contributed by atoms with van der Waals surface area (Å²) >= 11 is 1.40. The second-order valence-corrected chi connectivity index (χ2v) is 7.27. The summed E-state index contributed by atoms with van der Waals surface area (Å²) in [5.74, 6) is 0.0857. The third kappa shape index (κ3) is 2.96. The van der Waals surface area contributed by atoms with Crippen molar-refractivity contribution in [2.75, 3.05) is 5.43 Å². The van der Waals surface area contributed by atoms with Crippen LogP contribution in [0.1, 0.15) is 27.6 Å². The number of rotatable bonds is 3. The maximum absolute atomic E-state index is 12.6. The SMILES string of the molecule is Cc1ccc(C)n1-c1ccc(C(=O)Nn2c(C)nc3sccc3c2=O)cc1. The van der Waals surface area contributed by atoms with Crippen molar-refractivity contribution in [3.05, 3.63) is 81.0 Å². The highest BCUT2D eigenvalue weighted by molar-refractivity contribution is 7.16. The Balaban J connectivity index is 1.64. The molecular formula is C20H18N4O2S. The Hall–Kier alpha value is -3.19. The van der Waals surface area contributed by atoms with Crippen LogP contribution in [0.3, 0.4) is 0 Å². The fourth-order valence-electron chi connectivity index (χ4n) is 3.15. The standard InChI is InChI=1S/C20H18N4O2S/c1-12-4-5-13(2)23(12)16-8-6-15(7-9-16)18(25)22-24-14(3)21-19-17(20(24)26)10-11-27-19/h4-11H,1-3H3,(H,22,25). The van der Waals surface area contributed by atoms with Crippen molar-refractivity contribution < 1.29 is 4.79 Å². The van der Waals surface area contributed by atoms with Crippen LogP contribution in [0, 0.1) is 20.8 Å². The second kappa shape index (κ2) is 6.51. The monoisotopic (exact) mass is 378 g/mol. The molecule has 0 aliphatic rings. The molecule has 0 atom stereocenters. The van der Waals surface area contributed by atoms with Gasteiger partial charge in [-0.25, -0.2) is 9.66 Å². The van der Waals surface area contributed by atoms with Crippen molar-refractivity contribution >= 4 is 27.5 Å². The summed E-state index contributed by atoms with van der Waals surface area (Å²) in [4.78, 5) is 30.2. The molecular weight excluding hydrogens is 360 g/mol. The summed E-state index contributed by atoms with van der Waals surface area (Å²) in [7, 11) is 0. The van der Waals surface area contributed by atoms with E-state index in [-0.39, 0.29) is 11.5 Å². The topological polar surface area (TPSA) is 68.9 Å². The highest BCUT2D eigenvalue weighted by Gasteiger charge is 2.13. The van der Waals surface area contributed by atoms with Gasteiger partial charge >= 0.3 is 0 Å². The molecule has 3 aromatic heterocycles. The van der Waals surface area contributed by atoms with Crippen molar-refractivity contribution in [3.63, 3.8) is 0 Å². The van der Waals surface area contributed by atoms with Gasteiger partial charge in [0.1, 0.15) is 10.7 Å². The van der Waals surface area contributed by atoms with Crippen LogP contribution in [0.2, 0.25) is 0 Å². The number of benzene rings is 1. The van der Waals surface area contributed by atoms with Gasteiger partial charge in [0.25, 0.3) is 11.5 Å². The molecule has 1 amide bonds. The lowest BCUT2D eigenvalue weighted by atomic mass is 10.2. The van der Waals surface area contributed by atoms with Gasteiger partial charge in [0.05, 0.1) is 5.39 Å². The van der Waals surface area contributed by atoms with E-state index in [1.165, 1.54) is 16.0 Å². The molecule has 1 aromatic carbocycles. The molecule has 0 radical (unpaired) electrons. The zero-order valence-corrected chi connectivity index (χ0v) is 16.0. The second-order valence-electron chi connectivity index (χ2n) is 6.38. The van der Waals surface area contributed by atoms with Crippen molar-refractivity contribution in [1.29, 1.82) is 0 Å². The normalized spacial score (nSPS) is 11.1. The third-order valence-electron chi connectivity index (χ3n) is 4.54. The molecule has 0 saturated heterocycles. The van der Waals surface area contributed by atoms with Gasteiger partial charge in [0, 0.05) is 22.6 Å². The Morgan fingerprint density at radius 2 is 1.67 bits per heavy atom. The van der Waals surface area contributed by atoms with Gasteiger partial charge in [-0.15, -0.1) is 11.3 Å². The number of carbonyl (C=O) groups is 1. The Morgan fingerprint density at radius 3 is 2.33 bits per heavy atom. The molecule has 3 heterocycles. The Labute approximate surface area is 159 Å². The number of fused-ring (bicyclic) bond motifs is 1. The summed E-state index contributed by atoms with van der Waals surface area (Å²) < 4.78 is 3.32. The van der Waals surface area contributed by atoms with Crippen LogP contribution in [-0.2, 0) is 0 Å². The molecule has 4 aromatic rings. The Morgan fingerprint density at radius 1 is 1.00 bits per heavy atom. The van der Waals surface area contributed by atoms with Gasteiger partial charge in [0.15, 0.2) is 0 Å². The maximum Gasteiger partial charge on any atom is 0.281 e. The first kappa shape index (κ1) is 17.2. The van der Waals surface area contributed by atoms with Gasteiger partial charge < -0.3 is 4.57 Å². The highest BCUT2D eigenvalue weighted by Crippen LogP contribution is 2.17. The number of nitrogens with one attached hydrogen (secondary N) is 1. The summed E-state index contributed by atoms with van der Waals surface area (Å²) in [5, 5.41) is 2.31. The minimum absolute atomic E-state index is 0.276. The number of hydrogen-bond donors (Lipinski definition) is 1. The average molecular weight is 378 g/mol. The van der Waals surface area contributed by atoms with Gasteiger partial charge in [-0.1, -0.05) is 0 Å². The molecule has 7 heteroatoms. The molecule has 1 N–H and O–H groups in total. The zero-order valence-electron chi connectivity index (χ0n) is 15.2. The van der Waals surface area contributed by atoms with Gasteiger partial charge in [-0.05, 0) is 68.6 Å². The van der Waals surface area contributed by atoms with E-state index in [2.05, 4.69) is 27.1 Å². The first-order valence-electron chi connectivity index (χ1n) is 8.49. The van der Waals surface area contributed by atoms with E-state index in [4.69, 9.17) is 0 Å². The minimum atomic E-state index is -0.357. The number of aryl methyl sites for hydroxylation is 3. The molecule has 0 bridgehead atoms. The first-order valence-corrected chi connectivity index (χ1v) is 9.37. The molecule has 0 saturated carbocycles. The highest BCUT2D eigenvalue weighted by atomic mass is 32.1. The molecule has 0 aliphatic heterocycles. The number of amides is 1. The Bertz CT molecular complexity index is 1200. The lowest BCUT2D eigenvalue weighted by Gasteiger charge is -2.12. The lowest BCUT2D eigenvalue weighted by molar-refractivity contribution is 0.101. The molecule has 136 valence electrons. The maximum atomic E-state index is 12.6. The molecule has 4 rings (SSSR count). The molecule has 0 unspecified atom stereocenters. The molecule has 27 heavy (non-hydrogen) atoms. The largest absolute Gasteiger partial charge is 0.319 e. The smallest absolute Gasteiger partial charge is 0.281 e. The molecule has 0 aliphatic carbocycles. The van der Waals surface area contributed by atoms with Crippen LogP contribution in [0.5, 0.6) is 0 Å². The molecule has 6 nitrogen and oxygen atoms in total. The lowest BCUT2D eigenvalue weighted by Crippen LogP contribution is -2.35. The fourth-order valence-corrected chi connectivity index (χ4v) is 3.95. The third-order valence-corrected chi connectivity index (χ3v) is 5.34. The quantitative estimate of drug-likeness (QED) is 0.593. The number of thiophene rings is 1. The number of aromatic nitrogens is 3. The summed E-state index contributed by atoms with van der Waals surface area (Å²) in [6.07, 6.45) is 0. The minimum Gasteiger partial charge on any atom is -0.319 e. The van der Waals surface area contributed by atoms with Crippen LogP contribution in [-0.4, -0.2) is 20.1 Å². The summed E-state index contributed by atoms with van der Waals surface area (Å²) in [5.41, 5.74) is 6.09. The predicted molar refractivity (Wildman–Crippen MR) is 108 cm³/mol. The predicted octanol–water partition coefficient (Wildman–Crippen LogP) is 3.56. The van der Waals surface area contributed by atoms with E-state index >= 15 is 0 Å². The van der Waals surface area contributed by atoms with E-state index in [0.717, 1.165) is 17.1 Å². The van der Waals surface area contributed by atoms with Crippen LogP contribution in [0.4, 0.5) is 0 Å². The van der Waals surface area contributed by atoms with E-state index in [1.807, 2.05) is 31.4 Å². The van der Waals surface area contributed by atoms with E-state index in [0.29, 0.717) is 21.6 Å². The van der Waals surface area contributed by atoms with Gasteiger partial charge in [-0.2, -0.15) is 0 Å². The van der Waals surface area contributed by atoms with E-state index in [9.17, 15) is 9.59 Å². The summed E-state index contributed by atoms with van der Waals surface area (Å²) in [6.45, 7) is 5.77. The van der Waals surface area contributed by atoms with Gasteiger partial charge in [-0.3, -0.25) is 15.0 Å². The van der Waals surface area contributed by atoms with Crippen LogP contribution >= 0.6 is 11.3 Å². The number of hydrogen-bond acceptors (Lipinski definition) is 4. The van der Waals surface area contributed by atoms with Crippen molar-refractivity contribution in [2.45, 2.75) is 20.8 Å². The van der Waals surface area contributed by atoms with E-state index < -0.39 is 0 Å². The number of nitrogens with zero attached hydrogens (tertiary/aromatic N) is 3. The molecule has 0 fully saturated rings. The molecule has 0 spiro atoms. The van der Waals surface area contributed by atoms with Crippen LogP contribution in [0.25, 0.3) is 15.9 Å².